The van der Waals surface area contributed by atoms with Crippen LogP contribution in [0.25, 0.3) is 0 Å². The lowest BCUT2D eigenvalue weighted by molar-refractivity contribution is 0.0718. The van der Waals surface area contributed by atoms with Gasteiger partial charge in [0, 0.05) is 25.3 Å². The van der Waals surface area contributed by atoms with Crippen LogP contribution in [0.4, 0.5) is 5.95 Å². The fourth-order valence-corrected chi connectivity index (χ4v) is 4.57. The third kappa shape index (κ3) is 3.55. The Bertz CT molecular complexity index is 656. The largest absolute Gasteiger partial charge is 0.350 e. The average Bonchev–Trinajstić information content (AvgIpc) is 2.86. The minimum absolute atomic E-state index is 0.0795. The van der Waals surface area contributed by atoms with Gasteiger partial charge in [-0.05, 0) is 31.7 Å². The second-order valence-corrected chi connectivity index (χ2v) is 8.09. The van der Waals surface area contributed by atoms with E-state index in [0.717, 1.165) is 32.4 Å². The fraction of sp³-hybridized carbons (Fsp3) is 0.643. The Kier molecular flexibility index (Phi) is 4.28. The standard InChI is InChI=1S/C14H20N4O3S/c19-13(18-7-2-1-3-8-18)12-4-6-15-14(17-12)16-11-5-9-22(20,21)10-11/h4,6,11H,1-3,5,7-10H2,(H,15,16,17). The summed E-state index contributed by atoms with van der Waals surface area (Å²) in [7, 11) is -2.95. The van der Waals surface area contributed by atoms with Crippen molar-refractivity contribution >= 4 is 21.7 Å². The van der Waals surface area contributed by atoms with Crippen LogP contribution in [0.5, 0.6) is 0 Å². The van der Waals surface area contributed by atoms with Crippen LogP contribution >= 0.6 is 0 Å². The van der Waals surface area contributed by atoms with Gasteiger partial charge < -0.3 is 10.2 Å². The van der Waals surface area contributed by atoms with Crippen LogP contribution < -0.4 is 5.32 Å². The first-order chi connectivity index (χ1) is 10.5. The summed E-state index contributed by atoms with van der Waals surface area (Å²) in [5.74, 6) is 0.534. The SMILES string of the molecule is O=C(c1ccnc(NC2CCS(=O)(=O)C2)n1)N1CCCCC1. The third-order valence-electron chi connectivity index (χ3n) is 4.08. The highest BCUT2D eigenvalue weighted by Gasteiger charge is 2.28. The fourth-order valence-electron chi connectivity index (χ4n) is 2.90. The number of hydrogen-bond donors (Lipinski definition) is 1. The predicted octanol–water partition coefficient (Wildman–Crippen LogP) is 0.702. The molecule has 2 aliphatic rings. The second-order valence-electron chi connectivity index (χ2n) is 5.86. The van der Waals surface area contributed by atoms with Crippen LogP contribution in [-0.4, -0.2) is 59.8 Å². The molecule has 0 bridgehead atoms. The molecule has 3 heterocycles. The number of carbonyl (C=O) groups is 1. The number of rotatable bonds is 3. The van der Waals surface area contributed by atoms with E-state index in [1.807, 2.05) is 4.90 Å². The van der Waals surface area contributed by atoms with E-state index in [1.54, 1.807) is 6.07 Å². The zero-order valence-electron chi connectivity index (χ0n) is 12.4. The number of carbonyl (C=O) groups excluding carboxylic acids is 1. The van der Waals surface area contributed by atoms with Crippen molar-refractivity contribution in [2.75, 3.05) is 29.9 Å². The van der Waals surface area contributed by atoms with Gasteiger partial charge in [0.2, 0.25) is 5.95 Å². The van der Waals surface area contributed by atoms with Gasteiger partial charge in [0.25, 0.3) is 5.91 Å². The van der Waals surface area contributed by atoms with Gasteiger partial charge in [-0.2, -0.15) is 0 Å². The average molecular weight is 324 g/mol. The second kappa shape index (κ2) is 6.20. The molecule has 3 rings (SSSR count). The zero-order valence-corrected chi connectivity index (χ0v) is 13.2. The van der Waals surface area contributed by atoms with Crippen molar-refractivity contribution in [2.24, 2.45) is 0 Å². The third-order valence-corrected chi connectivity index (χ3v) is 5.85. The van der Waals surface area contributed by atoms with Gasteiger partial charge in [-0.3, -0.25) is 4.79 Å². The van der Waals surface area contributed by atoms with Crippen LogP contribution in [0.15, 0.2) is 12.3 Å². The summed E-state index contributed by atoms with van der Waals surface area (Å²) in [6.07, 6.45) is 5.31. The van der Waals surface area contributed by atoms with Gasteiger partial charge in [-0.1, -0.05) is 0 Å². The summed E-state index contributed by atoms with van der Waals surface area (Å²) in [4.78, 5) is 22.6. The van der Waals surface area contributed by atoms with Crippen molar-refractivity contribution in [3.05, 3.63) is 18.0 Å². The molecule has 1 aromatic heterocycles. The van der Waals surface area contributed by atoms with Gasteiger partial charge in [0.05, 0.1) is 11.5 Å². The molecule has 22 heavy (non-hydrogen) atoms. The molecule has 2 fully saturated rings. The first-order valence-corrected chi connectivity index (χ1v) is 9.45. The van der Waals surface area contributed by atoms with E-state index in [1.165, 1.54) is 6.20 Å². The van der Waals surface area contributed by atoms with Crippen LogP contribution in [0.2, 0.25) is 0 Å². The smallest absolute Gasteiger partial charge is 0.272 e. The molecule has 1 atom stereocenters. The number of amides is 1. The van der Waals surface area contributed by atoms with Gasteiger partial charge in [-0.25, -0.2) is 18.4 Å². The van der Waals surface area contributed by atoms with E-state index in [4.69, 9.17) is 0 Å². The molecule has 8 heteroatoms. The highest BCUT2D eigenvalue weighted by Crippen LogP contribution is 2.16. The van der Waals surface area contributed by atoms with Gasteiger partial charge in [-0.15, -0.1) is 0 Å². The molecule has 7 nitrogen and oxygen atoms in total. The van der Waals surface area contributed by atoms with E-state index in [-0.39, 0.29) is 23.5 Å². The number of hydrogen-bond acceptors (Lipinski definition) is 6. The van der Waals surface area contributed by atoms with E-state index < -0.39 is 9.84 Å². The van der Waals surface area contributed by atoms with Crippen LogP contribution in [0.1, 0.15) is 36.2 Å². The number of nitrogens with zero attached hydrogens (tertiary/aromatic N) is 3. The first kappa shape index (κ1) is 15.2. The van der Waals surface area contributed by atoms with E-state index >= 15 is 0 Å². The number of sulfone groups is 1. The van der Waals surface area contributed by atoms with E-state index in [2.05, 4.69) is 15.3 Å². The number of anilines is 1. The van der Waals surface area contributed by atoms with Crippen LogP contribution in [-0.2, 0) is 9.84 Å². The van der Waals surface area contributed by atoms with Crippen molar-refractivity contribution in [1.82, 2.24) is 14.9 Å². The van der Waals surface area contributed by atoms with Crippen molar-refractivity contribution in [2.45, 2.75) is 31.7 Å². The maximum atomic E-state index is 12.4. The predicted molar refractivity (Wildman–Crippen MR) is 82.5 cm³/mol. The molecule has 1 N–H and O–H groups in total. The molecule has 1 unspecified atom stereocenters. The summed E-state index contributed by atoms with van der Waals surface area (Å²) in [6, 6.07) is 1.43. The maximum absolute atomic E-state index is 12.4. The summed E-state index contributed by atoms with van der Waals surface area (Å²) in [5.41, 5.74) is 0.361. The minimum atomic E-state index is -2.95. The Morgan fingerprint density at radius 1 is 1.27 bits per heavy atom. The van der Waals surface area contributed by atoms with E-state index in [9.17, 15) is 13.2 Å². The summed E-state index contributed by atoms with van der Waals surface area (Å²) < 4.78 is 22.9. The summed E-state index contributed by atoms with van der Waals surface area (Å²) >= 11 is 0. The molecule has 0 aromatic carbocycles. The van der Waals surface area contributed by atoms with Crippen molar-refractivity contribution in [3.8, 4) is 0 Å². The van der Waals surface area contributed by atoms with Crippen molar-refractivity contribution in [3.63, 3.8) is 0 Å². The van der Waals surface area contributed by atoms with Crippen LogP contribution in [0.3, 0.4) is 0 Å². The lowest BCUT2D eigenvalue weighted by Gasteiger charge is -2.26. The van der Waals surface area contributed by atoms with Gasteiger partial charge in [0.15, 0.2) is 9.84 Å². The highest BCUT2D eigenvalue weighted by atomic mass is 32.2. The van der Waals surface area contributed by atoms with E-state index in [0.29, 0.717) is 18.1 Å². The number of nitrogens with one attached hydrogen (secondary N) is 1. The Balaban J connectivity index is 1.68. The molecular formula is C14H20N4O3S. The first-order valence-electron chi connectivity index (χ1n) is 7.63. The molecule has 0 aliphatic carbocycles. The molecule has 0 saturated carbocycles. The Morgan fingerprint density at radius 3 is 2.73 bits per heavy atom. The quantitative estimate of drug-likeness (QED) is 0.880. The highest BCUT2D eigenvalue weighted by molar-refractivity contribution is 7.91. The lowest BCUT2D eigenvalue weighted by atomic mass is 10.1. The topological polar surface area (TPSA) is 92.3 Å². The number of likely N-dealkylation sites (tertiary alicyclic amines) is 1. The van der Waals surface area contributed by atoms with Crippen molar-refractivity contribution < 1.29 is 13.2 Å². The summed E-state index contributed by atoms with van der Waals surface area (Å²) in [5, 5.41) is 3.02. The molecule has 1 amide bonds. The number of aromatic nitrogens is 2. The molecule has 0 radical (unpaired) electrons. The molecule has 0 spiro atoms. The Morgan fingerprint density at radius 2 is 2.05 bits per heavy atom. The molecule has 1 aromatic rings. The Labute approximate surface area is 130 Å². The Hall–Kier alpha value is -1.70. The normalized spacial score (nSPS) is 24.2. The van der Waals surface area contributed by atoms with Gasteiger partial charge >= 0.3 is 0 Å². The van der Waals surface area contributed by atoms with Crippen LogP contribution in [0, 0.1) is 0 Å². The lowest BCUT2D eigenvalue weighted by Crippen LogP contribution is -2.36. The zero-order chi connectivity index (χ0) is 15.6. The monoisotopic (exact) mass is 324 g/mol. The van der Waals surface area contributed by atoms with Crippen molar-refractivity contribution in [1.29, 1.82) is 0 Å². The summed E-state index contributed by atoms with van der Waals surface area (Å²) in [6.45, 7) is 1.54. The minimum Gasteiger partial charge on any atom is -0.350 e. The van der Waals surface area contributed by atoms with Gasteiger partial charge in [0.1, 0.15) is 5.69 Å². The maximum Gasteiger partial charge on any atom is 0.272 e. The molecular weight excluding hydrogens is 304 g/mol. The molecule has 2 aliphatic heterocycles. The molecule has 120 valence electrons. The number of piperidine rings is 1. The molecule has 2 saturated heterocycles.